The summed E-state index contributed by atoms with van der Waals surface area (Å²) in [6, 6.07) is 4.16. The first-order valence-corrected chi connectivity index (χ1v) is 7.08. The van der Waals surface area contributed by atoms with E-state index >= 15 is 0 Å². The van der Waals surface area contributed by atoms with Crippen LogP contribution in [0.1, 0.15) is 50.4 Å². The Morgan fingerprint density at radius 1 is 1.28 bits per heavy atom. The van der Waals surface area contributed by atoms with Gasteiger partial charge in [0.15, 0.2) is 0 Å². The van der Waals surface area contributed by atoms with Crippen LogP contribution < -0.4 is 5.32 Å². The van der Waals surface area contributed by atoms with Crippen LogP contribution in [0.4, 0.5) is 0 Å². The van der Waals surface area contributed by atoms with E-state index in [1.54, 1.807) is 6.07 Å². The zero-order valence-electron chi connectivity index (χ0n) is 11.4. The third-order valence-electron chi connectivity index (χ3n) is 4.07. The van der Waals surface area contributed by atoms with E-state index in [1.807, 2.05) is 13.0 Å². The van der Waals surface area contributed by atoms with Crippen molar-refractivity contribution in [3.8, 4) is 5.75 Å². The number of nitrogens with one attached hydrogen (secondary N) is 1. The minimum Gasteiger partial charge on any atom is -0.506 e. The lowest BCUT2D eigenvalue weighted by atomic mass is 9.84. The standard InChI is InChI=1S/C15H24N2O/c1-3-12-5-7-13(8-6-12)16-10-14-15(18)9-4-11(2)17-14/h4,9,12-13,16,18H,3,5-8,10H2,1-2H3. The van der Waals surface area contributed by atoms with E-state index < -0.39 is 0 Å². The van der Waals surface area contributed by atoms with Crippen molar-refractivity contribution in [3.63, 3.8) is 0 Å². The van der Waals surface area contributed by atoms with Crippen LogP contribution in [-0.4, -0.2) is 16.1 Å². The van der Waals surface area contributed by atoms with E-state index in [2.05, 4.69) is 17.2 Å². The minimum absolute atomic E-state index is 0.301. The van der Waals surface area contributed by atoms with Gasteiger partial charge in [0, 0.05) is 18.3 Å². The quantitative estimate of drug-likeness (QED) is 0.860. The normalized spacial score (nSPS) is 24.1. The molecule has 1 aromatic rings. The number of aromatic nitrogens is 1. The molecule has 0 aliphatic heterocycles. The average molecular weight is 248 g/mol. The lowest BCUT2D eigenvalue weighted by molar-refractivity contribution is 0.283. The van der Waals surface area contributed by atoms with Crippen LogP contribution in [0.2, 0.25) is 0 Å². The van der Waals surface area contributed by atoms with Gasteiger partial charge in [0.1, 0.15) is 5.75 Å². The fourth-order valence-corrected chi connectivity index (χ4v) is 2.75. The Bertz CT molecular complexity index is 384. The molecule has 100 valence electrons. The monoisotopic (exact) mass is 248 g/mol. The second kappa shape index (κ2) is 6.19. The average Bonchev–Trinajstić information content (AvgIpc) is 2.40. The van der Waals surface area contributed by atoms with Crippen molar-refractivity contribution in [3.05, 3.63) is 23.5 Å². The molecule has 0 amide bonds. The molecule has 0 unspecified atom stereocenters. The molecule has 1 heterocycles. The van der Waals surface area contributed by atoms with Crippen molar-refractivity contribution in [2.45, 2.75) is 58.5 Å². The van der Waals surface area contributed by atoms with E-state index in [0.717, 1.165) is 17.3 Å². The van der Waals surface area contributed by atoms with Crippen LogP contribution in [0.15, 0.2) is 12.1 Å². The molecule has 3 heteroatoms. The topological polar surface area (TPSA) is 45.2 Å². The number of hydrogen-bond donors (Lipinski definition) is 2. The van der Waals surface area contributed by atoms with E-state index in [-0.39, 0.29) is 0 Å². The van der Waals surface area contributed by atoms with Gasteiger partial charge in [-0.05, 0) is 50.7 Å². The van der Waals surface area contributed by atoms with Gasteiger partial charge in [0.05, 0.1) is 5.69 Å². The molecule has 3 nitrogen and oxygen atoms in total. The molecular weight excluding hydrogens is 224 g/mol. The molecule has 2 N–H and O–H groups in total. The number of hydrogen-bond acceptors (Lipinski definition) is 3. The van der Waals surface area contributed by atoms with E-state index in [1.165, 1.54) is 32.1 Å². The molecule has 1 saturated carbocycles. The summed E-state index contributed by atoms with van der Waals surface area (Å²) in [7, 11) is 0. The zero-order valence-corrected chi connectivity index (χ0v) is 11.4. The molecule has 2 rings (SSSR count). The molecule has 1 aliphatic carbocycles. The molecule has 1 aromatic heterocycles. The molecule has 0 spiro atoms. The van der Waals surface area contributed by atoms with Gasteiger partial charge in [-0.2, -0.15) is 0 Å². The number of aromatic hydroxyl groups is 1. The van der Waals surface area contributed by atoms with Crippen LogP contribution in [0.25, 0.3) is 0 Å². The van der Waals surface area contributed by atoms with Crippen molar-refractivity contribution in [2.24, 2.45) is 5.92 Å². The summed E-state index contributed by atoms with van der Waals surface area (Å²) in [5, 5.41) is 13.3. The second-order valence-corrected chi connectivity index (χ2v) is 5.43. The number of rotatable bonds is 4. The molecule has 0 aromatic carbocycles. The molecule has 18 heavy (non-hydrogen) atoms. The Kier molecular flexibility index (Phi) is 4.59. The largest absolute Gasteiger partial charge is 0.506 e. The van der Waals surface area contributed by atoms with Gasteiger partial charge in [-0.15, -0.1) is 0 Å². The first-order valence-electron chi connectivity index (χ1n) is 7.08. The van der Waals surface area contributed by atoms with Crippen LogP contribution in [-0.2, 0) is 6.54 Å². The van der Waals surface area contributed by atoms with Gasteiger partial charge < -0.3 is 10.4 Å². The van der Waals surface area contributed by atoms with Gasteiger partial charge in [-0.1, -0.05) is 13.3 Å². The summed E-state index contributed by atoms with van der Waals surface area (Å²) in [5.41, 5.74) is 1.73. The zero-order chi connectivity index (χ0) is 13.0. The predicted molar refractivity (Wildman–Crippen MR) is 73.5 cm³/mol. The Balaban J connectivity index is 1.83. The predicted octanol–water partition coefficient (Wildman–Crippen LogP) is 3.15. The van der Waals surface area contributed by atoms with Crippen LogP contribution in [0.3, 0.4) is 0 Å². The first-order chi connectivity index (χ1) is 8.69. The third kappa shape index (κ3) is 3.45. The fraction of sp³-hybridized carbons (Fsp3) is 0.667. The highest BCUT2D eigenvalue weighted by molar-refractivity contribution is 5.27. The summed E-state index contributed by atoms with van der Waals surface area (Å²) >= 11 is 0. The Morgan fingerprint density at radius 2 is 2.00 bits per heavy atom. The summed E-state index contributed by atoms with van der Waals surface area (Å²) in [6.45, 7) is 4.91. The highest BCUT2D eigenvalue weighted by atomic mass is 16.3. The summed E-state index contributed by atoms with van der Waals surface area (Å²) in [5.74, 6) is 1.23. The van der Waals surface area contributed by atoms with E-state index in [4.69, 9.17) is 0 Å². The Labute approximate surface area is 110 Å². The molecule has 1 fully saturated rings. The molecule has 1 aliphatic rings. The summed E-state index contributed by atoms with van der Waals surface area (Å²) < 4.78 is 0. The van der Waals surface area contributed by atoms with Gasteiger partial charge in [-0.3, -0.25) is 4.98 Å². The van der Waals surface area contributed by atoms with Gasteiger partial charge in [-0.25, -0.2) is 0 Å². The van der Waals surface area contributed by atoms with Crippen molar-refractivity contribution >= 4 is 0 Å². The first kappa shape index (κ1) is 13.3. The second-order valence-electron chi connectivity index (χ2n) is 5.43. The van der Waals surface area contributed by atoms with E-state index in [9.17, 15) is 5.11 Å². The number of nitrogens with zero attached hydrogens (tertiary/aromatic N) is 1. The van der Waals surface area contributed by atoms with Gasteiger partial charge in [0.25, 0.3) is 0 Å². The van der Waals surface area contributed by atoms with Crippen molar-refractivity contribution in [1.82, 2.24) is 10.3 Å². The highest BCUT2D eigenvalue weighted by Crippen LogP contribution is 2.26. The SMILES string of the molecule is CCC1CCC(NCc2nc(C)ccc2O)CC1. The van der Waals surface area contributed by atoms with Gasteiger partial charge >= 0.3 is 0 Å². The Morgan fingerprint density at radius 3 is 2.67 bits per heavy atom. The van der Waals surface area contributed by atoms with Gasteiger partial charge in [0.2, 0.25) is 0 Å². The van der Waals surface area contributed by atoms with Crippen molar-refractivity contribution < 1.29 is 5.11 Å². The van der Waals surface area contributed by atoms with Crippen molar-refractivity contribution in [1.29, 1.82) is 0 Å². The molecule has 0 atom stereocenters. The minimum atomic E-state index is 0.301. The molecule has 0 radical (unpaired) electrons. The third-order valence-corrected chi connectivity index (χ3v) is 4.07. The number of aryl methyl sites for hydroxylation is 1. The Hall–Kier alpha value is -1.09. The van der Waals surface area contributed by atoms with E-state index in [0.29, 0.717) is 18.3 Å². The van der Waals surface area contributed by atoms with Crippen molar-refractivity contribution in [2.75, 3.05) is 0 Å². The maximum absolute atomic E-state index is 9.74. The molecular formula is C15H24N2O. The number of pyridine rings is 1. The molecule has 0 saturated heterocycles. The summed E-state index contributed by atoms with van der Waals surface area (Å²) in [6.07, 6.45) is 6.49. The lowest BCUT2D eigenvalue weighted by Gasteiger charge is -2.28. The van der Waals surface area contributed by atoms with Crippen LogP contribution >= 0.6 is 0 Å². The molecule has 0 bridgehead atoms. The summed E-state index contributed by atoms with van der Waals surface area (Å²) in [4.78, 5) is 4.38. The smallest absolute Gasteiger partial charge is 0.138 e. The highest BCUT2D eigenvalue weighted by Gasteiger charge is 2.19. The van der Waals surface area contributed by atoms with Crippen LogP contribution in [0.5, 0.6) is 5.75 Å². The maximum Gasteiger partial charge on any atom is 0.138 e. The fourth-order valence-electron chi connectivity index (χ4n) is 2.75. The van der Waals surface area contributed by atoms with Crippen LogP contribution in [0, 0.1) is 12.8 Å². The maximum atomic E-state index is 9.74. The lowest BCUT2D eigenvalue weighted by Crippen LogP contribution is -2.32.